The highest BCUT2D eigenvalue weighted by atomic mass is 14.9. The van der Waals surface area contributed by atoms with Crippen LogP contribution in [0.5, 0.6) is 0 Å². The lowest BCUT2D eigenvalue weighted by Gasteiger charge is -2.24. The third-order valence-electron chi connectivity index (χ3n) is 4.58. The van der Waals surface area contributed by atoms with E-state index in [-0.39, 0.29) is 0 Å². The van der Waals surface area contributed by atoms with Gasteiger partial charge in [0.05, 0.1) is 0 Å². The fraction of sp³-hybridized carbons (Fsp3) is 1.00. The average Bonchev–Trinajstić information content (AvgIpc) is 3.11. The third kappa shape index (κ3) is 4.08. The highest BCUT2D eigenvalue weighted by Gasteiger charge is 2.23. The van der Waals surface area contributed by atoms with Gasteiger partial charge in [-0.3, -0.25) is 0 Å². The summed E-state index contributed by atoms with van der Waals surface area (Å²) >= 11 is 0. The molecule has 0 radical (unpaired) electrons. The van der Waals surface area contributed by atoms with Crippen molar-refractivity contribution in [2.45, 2.75) is 77.2 Å². The lowest BCUT2D eigenvalue weighted by atomic mass is 9.89. The Morgan fingerprint density at radius 2 is 1.81 bits per heavy atom. The lowest BCUT2D eigenvalue weighted by Crippen LogP contribution is -2.34. The molecule has 2 atom stereocenters. The van der Waals surface area contributed by atoms with E-state index < -0.39 is 0 Å². The molecule has 0 aromatic heterocycles. The van der Waals surface area contributed by atoms with Gasteiger partial charge in [0.25, 0.3) is 0 Å². The Kier molecular flexibility index (Phi) is 5.15. The van der Waals surface area contributed by atoms with Crippen LogP contribution in [-0.4, -0.2) is 12.6 Å². The molecule has 1 saturated carbocycles. The minimum atomic E-state index is 0.840. The van der Waals surface area contributed by atoms with Gasteiger partial charge in [-0.2, -0.15) is 0 Å². The molecule has 2 rings (SSSR count). The van der Waals surface area contributed by atoms with Gasteiger partial charge >= 0.3 is 0 Å². The van der Waals surface area contributed by atoms with Gasteiger partial charge in [0, 0.05) is 6.04 Å². The molecule has 0 aromatic carbocycles. The molecule has 1 aliphatic heterocycles. The molecule has 16 heavy (non-hydrogen) atoms. The Labute approximate surface area is 101 Å². The van der Waals surface area contributed by atoms with E-state index in [1.807, 2.05) is 0 Å². The molecule has 1 heteroatoms. The molecule has 94 valence electrons. The van der Waals surface area contributed by atoms with Crippen LogP contribution in [0.25, 0.3) is 0 Å². The molecule has 1 heterocycles. The Hall–Kier alpha value is -0.0400. The van der Waals surface area contributed by atoms with E-state index >= 15 is 0 Å². The number of hydrogen-bond acceptors (Lipinski definition) is 1. The standard InChI is InChI=1S/C15H29N/c1-2-14-8-5-6-12-16-15(14)9-4-3-7-13-10-11-13/h13-16H,2-12H2,1H3. The topological polar surface area (TPSA) is 12.0 Å². The maximum absolute atomic E-state index is 3.79. The van der Waals surface area contributed by atoms with Crippen LogP contribution in [-0.2, 0) is 0 Å². The summed E-state index contributed by atoms with van der Waals surface area (Å²) in [6.07, 6.45) is 14.6. The van der Waals surface area contributed by atoms with E-state index in [0.29, 0.717) is 0 Å². The summed E-state index contributed by atoms with van der Waals surface area (Å²) in [6, 6.07) is 0.840. The molecule has 2 fully saturated rings. The zero-order valence-corrected chi connectivity index (χ0v) is 11.0. The predicted octanol–water partition coefficient (Wildman–Crippen LogP) is 4.13. The number of nitrogens with one attached hydrogen (secondary N) is 1. The zero-order chi connectivity index (χ0) is 11.2. The first-order valence-electron chi connectivity index (χ1n) is 7.63. The molecule has 2 unspecified atom stereocenters. The minimum absolute atomic E-state index is 0.840. The van der Waals surface area contributed by atoms with E-state index in [1.165, 1.54) is 70.8 Å². The fourth-order valence-electron chi connectivity index (χ4n) is 3.22. The third-order valence-corrected chi connectivity index (χ3v) is 4.58. The molecule has 1 nitrogen and oxygen atoms in total. The summed E-state index contributed by atoms with van der Waals surface area (Å²) < 4.78 is 0. The Bertz CT molecular complexity index is 186. The second-order valence-corrected chi connectivity index (χ2v) is 5.95. The zero-order valence-electron chi connectivity index (χ0n) is 11.0. The maximum Gasteiger partial charge on any atom is 0.00952 e. The maximum atomic E-state index is 3.79. The van der Waals surface area contributed by atoms with Crippen LogP contribution in [0.1, 0.15) is 71.1 Å². The van der Waals surface area contributed by atoms with Gasteiger partial charge in [0.2, 0.25) is 0 Å². The van der Waals surface area contributed by atoms with Crippen LogP contribution in [0.15, 0.2) is 0 Å². The average molecular weight is 223 g/mol. The van der Waals surface area contributed by atoms with E-state index in [4.69, 9.17) is 0 Å². The Morgan fingerprint density at radius 1 is 1.00 bits per heavy atom. The van der Waals surface area contributed by atoms with Crippen molar-refractivity contribution in [3.8, 4) is 0 Å². The molecular formula is C15H29N. The number of rotatable bonds is 6. The monoisotopic (exact) mass is 223 g/mol. The summed E-state index contributed by atoms with van der Waals surface area (Å²) in [5, 5.41) is 3.79. The fourth-order valence-corrected chi connectivity index (χ4v) is 3.22. The van der Waals surface area contributed by atoms with Crippen LogP contribution in [0.3, 0.4) is 0 Å². The van der Waals surface area contributed by atoms with Crippen molar-refractivity contribution in [1.29, 1.82) is 0 Å². The van der Waals surface area contributed by atoms with Crippen molar-refractivity contribution in [1.82, 2.24) is 5.32 Å². The van der Waals surface area contributed by atoms with Crippen LogP contribution in [0, 0.1) is 11.8 Å². The second kappa shape index (κ2) is 6.64. The molecule has 0 bridgehead atoms. The van der Waals surface area contributed by atoms with Gasteiger partial charge in [-0.15, -0.1) is 0 Å². The van der Waals surface area contributed by atoms with Gasteiger partial charge in [-0.05, 0) is 37.6 Å². The van der Waals surface area contributed by atoms with Crippen molar-refractivity contribution in [3.63, 3.8) is 0 Å². The van der Waals surface area contributed by atoms with Gasteiger partial charge in [0.1, 0.15) is 0 Å². The van der Waals surface area contributed by atoms with Gasteiger partial charge < -0.3 is 5.32 Å². The first-order chi connectivity index (χ1) is 7.90. The molecular weight excluding hydrogens is 194 g/mol. The molecule has 0 aromatic rings. The summed E-state index contributed by atoms with van der Waals surface area (Å²) in [7, 11) is 0. The quantitative estimate of drug-likeness (QED) is 0.668. The van der Waals surface area contributed by atoms with Crippen LogP contribution in [0.4, 0.5) is 0 Å². The Morgan fingerprint density at radius 3 is 2.56 bits per heavy atom. The molecule has 1 aliphatic carbocycles. The van der Waals surface area contributed by atoms with E-state index in [0.717, 1.165) is 17.9 Å². The van der Waals surface area contributed by atoms with E-state index in [9.17, 15) is 0 Å². The normalized spacial score (nSPS) is 31.3. The molecule has 0 amide bonds. The second-order valence-electron chi connectivity index (χ2n) is 5.95. The van der Waals surface area contributed by atoms with Crippen molar-refractivity contribution in [2.24, 2.45) is 11.8 Å². The lowest BCUT2D eigenvalue weighted by molar-refractivity contribution is 0.324. The van der Waals surface area contributed by atoms with E-state index in [1.54, 1.807) is 0 Å². The summed E-state index contributed by atoms with van der Waals surface area (Å²) in [6.45, 7) is 3.64. The largest absolute Gasteiger partial charge is 0.314 e. The highest BCUT2D eigenvalue weighted by molar-refractivity contribution is 4.79. The van der Waals surface area contributed by atoms with Crippen LogP contribution in [0.2, 0.25) is 0 Å². The Balaban J connectivity index is 1.63. The highest BCUT2D eigenvalue weighted by Crippen LogP contribution is 2.34. The van der Waals surface area contributed by atoms with Crippen molar-refractivity contribution >= 4 is 0 Å². The molecule has 1 N–H and O–H groups in total. The predicted molar refractivity (Wildman–Crippen MR) is 70.6 cm³/mol. The first kappa shape index (κ1) is 12.4. The van der Waals surface area contributed by atoms with Gasteiger partial charge in [-0.25, -0.2) is 0 Å². The minimum Gasteiger partial charge on any atom is -0.314 e. The molecule has 0 spiro atoms. The number of unbranched alkanes of at least 4 members (excludes halogenated alkanes) is 1. The van der Waals surface area contributed by atoms with Gasteiger partial charge in [0.15, 0.2) is 0 Å². The molecule has 2 aliphatic rings. The summed E-state index contributed by atoms with van der Waals surface area (Å²) in [4.78, 5) is 0. The summed E-state index contributed by atoms with van der Waals surface area (Å²) in [5.74, 6) is 2.09. The SMILES string of the molecule is CCC1CCCCNC1CCCCC1CC1. The smallest absolute Gasteiger partial charge is 0.00952 e. The van der Waals surface area contributed by atoms with E-state index in [2.05, 4.69) is 12.2 Å². The van der Waals surface area contributed by atoms with Crippen molar-refractivity contribution in [3.05, 3.63) is 0 Å². The van der Waals surface area contributed by atoms with Crippen LogP contribution < -0.4 is 5.32 Å². The first-order valence-corrected chi connectivity index (χ1v) is 7.63. The van der Waals surface area contributed by atoms with Crippen molar-refractivity contribution < 1.29 is 0 Å². The summed E-state index contributed by atoms with van der Waals surface area (Å²) in [5.41, 5.74) is 0. The van der Waals surface area contributed by atoms with Crippen LogP contribution >= 0.6 is 0 Å². The number of hydrogen-bond donors (Lipinski definition) is 1. The molecule has 1 saturated heterocycles. The van der Waals surface area contributed by atoms with Gasteiger partial charge in [-0.1, -0.05) is 51.9 Å². The van der Waals surface area contributed by atoms with Crippen molar-refractivity contribution in [2.75, 3.05) is 6.54 Å².